The first-order valence-corrected chi connectivity index (χ1v) is 9.23. The number of aryl methyl sites for hydroxylation is 1. The first-order valence-electron chi connectivity index (χ1n) is 9.23. The quantitative estimate of drug-likeness (QED) is 0.747. The molecule has 0 saturated carbocycles. The van der Waals surface area contributed by atoms with Gasteiger partial charge in [-0.3, -0.25) is 4.79 Å². The first kappa shape index (κ1) is 19.4. The minimum atomic E-state index is -0.322. The Kier molecular flexibility index (Phi) is 6.45. The first-order chi connectivity index (χ1) is 13.1. The van der Waals surface area contributed by atoms with E-state index in [9.17, 15) is 9.18 Å². The maximum atomic E-state index is 12.9. The highest BCUT2D eigenvalue weighted by atomic mass is 19.1. The summed E-state index contributed by atoms with van der Waals surface area (Å²) in [5.41, 5.74) is 1.13. The van der Waals surface area contributed by atoms with Gasteiger partial charge in [0.2, 0.25) is 0 Å². The predicted molar refractivity (Wildman–Crippen MR) is 98.9 cm³/mol. The van der Waals surface area contributed by atoms with Gasteiger partial charge >= 0.3 is 0 Å². The van der Waals surface area contributed by atoms with Gasteiger partial charge in [-0.05, 0) is 49.9 Å². The Labute approximate surface area is 158 Å². The predicted octanol–water partition coefficient (Wildman–Crippen LogP) is 2.79. The van der Waals surface area contributed by atoms with Crippen molar-refractivity contribution in [3.8, 4) is 5.75 Å². The normalized spacial score (nSPS) is 15.1. The van der Waals surface area contributed by atoms with Crippen LogP contribution in [0, 0.1) is 18.7 Å². The van der Waals surface area contributed by atoms with Gasteiger partial charge in [0, 0.05) is 38.6 Å². The number of methoxy groups -OCH3 is 1. The van der Waals surface area contributed by atoms with Crippen molar-refractivity contribution in [3.05, 3.63) is 47.8 Å². The summed E-state index contributed by atoms with van der Waals surface area (Å²) < 4.78 is 25.8. The number of piperidine rings is 1. The lowest BCUT2D eigenvalue weighted by molar-refractivity contribution is -0.134. The highest BCUT2D eigenvalue weighted by Crippen LogP contribution is 2.21. The molecule has 1 fully saturated rings. The largest absolute Gasteiger partial charge is 0.484 e. The van der Waals surface area contributed by atoms with Crippen molar-refractivity contribution in [2.24, 2.45) is 5.92 Å². The zero-order chi connectivity index (χ0) is 19.2. The highest BCUT2D eigenvalue weighted by molar-refractivity contribution is 5.77. The molecular formula is C20H26FN3O3. The second-order valence-electron chi connectivity index (χ2n) is 6.93. The smallest absolute Gasteiger partial charge is 0.260 e. The molecule has 0 radical (unpaired) electrons. The number of rotatable bonds is 7. The van der Waals surface area contributed by atoms with E-state index in [1.807, 2.05) is 11.1 Å². The minimum Gasteiger partial charge on any atom is -0.484 e. The monoisotopic (exact) mass is 375 g/mol. The Morgan fingerprint density at radius 3 is 2.63 bits per heavy atom. The topological polar surface area (TPSA) is 56.6 Å². The minimum absolute atomic E-state index is 0.0189. The van der Waals surface area contributed by atoms with Gasteiger partial charge in [-0.15, -0.1) is 0 Å². The van der Waals surface area contributed by atoms with Crippen LogP contribution in [0.4, 0.5) is 4.39 Å². The molecule has 0 atom stereocenters. The van der Waals surface area contributed by atoms with Gasteiger partial charge in [0.05, 0.1) is 0 Å². The van der Waals surface area contributed by atoms with E-state index in [0.29, 0.717) is 18.3 Å². The molecule has 2 aromatic rings. The Morgan fingerprint density at radius 2 is 1.96 bits per heavy atom. The van der Waals surface area contributed by atoms with E-state index in [2.05, 4.69) is 16.5 Å². The standard InChI is InChI=1S/C20H26FN3O3/c1-15-11-22-19(13-26-2)24(15)12-16-7-9-23(10-8-16)20(25)14-27-18-5-3-17(21)4-6-18/h3-6,11,16H,7-10,12-14H2,1-2H3. The van der Waals surface area contributed by atoms with Gasteiger partial charge in [0.1, 0.15) is 24.0 Å². The van der Waals surface area contributed by atoms with E-state index in [1.54, 1.807) is 7.11 Å². The second-order valence-corrected chi connectivity index (χ2v) is 6.93. The van der Waals surface area contributed by atoms with Crippen LogP contribution in [0.1, 0.15) is 24.4 Å². The Balaban J connectivity index is 1.46. The fraction of sp³-hybridized carbons (Fsp3) is 0.500. The van der Waals surface area contributed by atoms with Crippen LogP contribution < -0.4 is 4.74 Å². The van der Waals surface area contributed by atoms with E-state index in [0.717, 1.165) is 44.0 Å². The third kappa shape index (κ3) is 5.07. The molecule has 0 bridgehead atoms. The fourth-order valence-corrected chi connectivity index (χ4v) is 3.39. The number of ether oxygens (including phenoxy) is 2. The second kappa shape index (κ2) is 8.99. The van der Waals surface area contributed by atoms with E-state index in [1.165, 1.54) is 24.3 Å². The van der Waals surface area contributed by atoms with Crippen LogP contribution in [0.25, 0.3) is 0 Å². The lowest BCUT2D eigenvalue weighted by Gasteiger charge is -2.32. The third-order valence-corrected chi connectivity index (χ3v) is 5.00. The van der Waals surface area contributed by atoms with Crippen LogP contribution in [0.3, 0.4) is 0 Å². The molecular weight excluding hydrogens is 349 g/mol. The molecule has 1 aromatic carbocycles. The molecule has 2 heterocycles. The van der Waals surface area contributed by atoms with Gasteiger partial charge in [-0.25, -0.2) is 9.37 Å². The molecule has 1 aliphatic rings. The number of aromatic nitrogens is 2. The van der Waals surface area contributed by atoms with Crippen molar-refractivity contribution >= 4 is 5.91 Å². The molecule has 1 aliphatic heterocycles. The Bertz CT molecular complexity index is 752. The van der Waals surface area contributed by atoms with Gasteiger partial charge < -0.3 is 18.9 Å². The van der Waals surface area contributed by atoms with Crippen molar-refractivity contribution < 1.29 is 18.7 Å². The number of benzene rings is 1. The van der Waals surface area contributed by atoms with Crippen molar-refractivity contribution in [1.82, 2.24) is 14.5 Å². The summed E-state index contributed by atoms with van der Waals surface area (Å²) in [7, 11) is 1.67. The summed E-state index contributed by atoms with van der Waals surface area (Å²) in [6, 6.07) is 5.70. The van der Waals surface area contributed by atoms with E-state index in [-0.39, 0.29) is 18.3 Å². The molecule has 0 N–H and O–H groups in total. The number of carbonyl (C=O) groups excluding carboxylic acids is 1. The Morgan fingerprint density at radius 1 is 1.26 bits per heavy atom. The molecule has 6 nitrogen and oxygen atoms in total. The summed E-state index contributed by atoms with van der Waals surface area (Å²) in [5, 5.41) is 0. The van der Waals surface area contributed by atoms with Crippen LogP contribution in [0.15, 0.2) is 30.5 Å². The van der Waals surface area contributed by atoms with Crippen molar-refractivity contribution in [2.45, 2.75) is 32.9 Å². The van der Waals surface area contributed by atoms with Crippen molar-refractivity contribution in [3.63, 3.8) is 0 Å². The lowest BCUT2D eigenvalue weighted by Crippen LogP contribution is -2.41. The molecule has 7 heteroatoms. The maximum Gasteiger partial charge on any atom is 0.260 e. The summed E-state index contributed by atoms with van der Waals surface area (Å²) in [4.78, 5) is 18.6. The molecule has 1 saturated heterocycles. The van der Waals surface area contributed by atoms with Gasteiger partial charge in [0.25, 0.3) is 5.91 Å². The molecule has 0 unspecified atom stereocenters. The Hall–Kier alpha value is -2.41. The number of hydrogen-bond acceptors (Lipinski definition) is 4. The average Bonchev–Trinajstić information content (AvgIpc) is 3.02. The van der Waals surface area contributed by atoms with Gasteiger partial charge in [-0.2, -0.15) is 0 Å². The van der Waals surface area contributed by atoms with E-state index in [4.69, 9.17) is 9.47 Å². The molecule has 146 valence electrons. The SMILES string of the molecule is COCc1ncc(C)n1CC1CCN(C(=O)COc2ccc(F)cc2)CC1. The van der Waals surface area contributed by atoms with Crippen LogP contribution in [-0.2, 0) is 22.7 Å². The number of hydrogen-bond donors (Lipinski definition) is 0. The number of amides is 1. The number of carbonyl (C=O) groups is 1. The number of halogens is 1. The fourth-order valence-electron chi connectivity index (χ4n) is 3.39. The average molecular weight is 375 g/mol. The molecule has 0 aliphatic carbocycles. The van der Waals surface area contributed by atoms with Crippen molar-refractivity contribution in [2.75, 3.05) is 26.8 Å². The molecule has 3 rings (SSSR count). The van der Waals surface area contributed by atoms with Gasteiger partial charge in [-0.1, -0.05) is 0 Å². The lowest BCUT2D eigenvalue weighted by atomic mass is 9.96. The van der Waals surface area contributed by atoms with Crippen LogP contribution in [0.2, 0.25) is 0 Å². The van der Waals surface area contributed by atoms with Crippen molar-refractivity contribution in [1.29, 1.82) is 0 Å². The molecule has 1 aromatic heterocycles. The number of imidazole rings is 1. The molecule has 1 amide bonds. The van der Waals surface area contributed by atoms with E-state index >= 15 is 0 Å². The molecule has 27 heavy (non-hydrogen) atoms. The zero-order valence-electron chi connectivity index (χ0n) is 15.9. The van der Waals surface area contributed by atoms with Gasteiger partial charge in [0.15, 0.2) is 6.61 Å². The van der Waals surface area contributed by atoms with Crippen LogP contribution in [0.5, 0.6) is 5.75 Å². The van der Waals surface area contributed by atoms with Crippen LogP contribution >= 0.6 is 0 Å². The number of likely N-dealkylation sites (tertiary alicyclic amines) is 1. The highest BCUT2D eigenvalue weighted by Gasteiger charge is 2.24. The summed E-state index contributed by atoms with van der Waals surface area (Å²) in [6.45, 7) is 4.89. The third-order valence-electron chi connectivity index (χ3n) is 5.00. The maximum absolute atomic E-state index is 12.9. The summed E-state index contributed by atoms with van der Waals surface area (Å²) in [6.07, 6.45) is 3.78. The molecule has 0 spiro atoms. The zero-order valence-corrected chi connectivity index (χ0v) is 15.9. The summed E-state index contributed by atoms with van der Waals surface area (Å²) in [5.74, 6) is 1.60. The van der Waals surface area contributed by atoms with Crippen LogP contribution in [-0.4, -0.2) is 47.2 Å². The number of nitrogens with zero attached hydrogens (tertiary/aromatic N) is 3. The van der Waals surface area contributed by atoms with E-state index < -0.39 is 0 Å². The summed E-state index contributed by atoms with van der Waals surface area (Å²) >= 11 is 0.